The Balaban J connectivity index is 1.98. The first-order valence-electron chi connectivity index (χ1n) is 7.21. The largest absolute Gasteiger partial charge is 0.450 e. The monoisotopic (exact) mass is 299 g/mol. The number of amides is 1. The standard InChI is InChI=1S/C17H21N3O2/c1-3-22-17(21)20-16-8-7-13(10-15(16)18)11-19-14-6-4-5-12(2)9-14/h4-10,19H,3,11,18H2,1-2H3,(H,20,21). The van der Waals surface area contributed by atoms with Crippen molar-refractivity contribution >= 4 is 23.2 Å². The molecule has 0 aromatic heterocycles. The van der Waals surface area contributed by atoms with E-state index in [1.807, 2.05) is 24.3 Å². The summed E-state index contributed by atoms with van der Waals surface area (Å²) >= 11 is 0. The lowest BCUT2D eigenvalue weighted by Crippen LogP contribution is -2.14. The third-order valence-electron chi connectivity index (χ3n) is 3.14. The summed E-state index contributed by atoms with van der Waals surface area (Å²) < 4.78 is 4.83. The summed E-state index contributed by atoms with van der Waals surface area (Å²) in [5, 5.41) is 5.95. The van der Waals surface area contributed by atoms with Crippen LogP contribution in [-0.4, -0.2) is 12.7 Å². The van der Waals surface area contributed by atoms with Crippen molar-refractivity contribution in [3.63, 3.8) is 0 Å². The van der Waals surface area contributed by atoms with Gasteiger partial charge in [-0.25, -0.2) is 4.79 Å². The normalized spacial score (nSPS) is 10.1. The lowest BCUT2D eigenvalue weighted by Gasteiger charge is -2.11. The van der Waals surface area contributed by atoms with Crippen molar-refractivity contribution in [2.75, 3.05) is 23.0 Å². The predicted molar refractivity (Wildman–Crippen MR) is 90.0 cm³/mol. The first-order chi connectivity index (χ1) is 10.6. The molecule has 0 aliphatic rings. The van der Waals surface area contributed by atoms with Gasteiger partial charge in [-0.1, -0.05) is 18.2 Å². The van der Waals surface area contributed by atoms with Crippen LogP contribution in [0.1, 0.15) is 18.1 Å². The van der Waals surface area contributed by atoms with Crippen molar-refractivity contribution in [2.24, 2.45) is 0 Å². The van der Waals surface area contributed by atoms with E-state index in [9.17, 15) is 4.79 Å². The second-order valence-corrected chi connectivity index (χ2v) is 4.99. The number of nitrogens with two attached hydrogens (primary N) is 1. The van der Waals surface area contributed by atoms with Crippen LogP contribution in [0.5, 0.6) is 0 Å². The van der Waals surface area contributed by atoms with E-state index in [0.29, 0.717) is 24.5 Å². The molecule has 22 heavy (non-hydrogen) atoms. The Hall–Kier alpha value is -2.69. The molecular formula is C17H21N3O2. The smallest absolute Gasteiger partial charge is 0.411 e. The molecule has 0 saturated heterocycles. The summed E-state index contributed by atoms with van der Waals surface area (Å²) in [5.74, 6) is 0. The van der Waals surface area contributed by atoms with E-state index in [1.165, 1.54) is 5.56 Å². The van der Waals surface area contributed by atoms with Gasteiger partial charge in [0.2, 0.25) is 0 Å². The lowest BCUT2D eigenvalue weighted by atomic mass is 10.1. The molecule has 0 saturated carbocycles. The van der Waals surface area contributed by atoms with Crippen molar-refractivity contribution in [3.05, 3.63) is 53.6 Å². The molecule has 4 N–H and O–H groups in total. The average molecular weight is 299 g/mol. The zero-order valence-electron chi connectivity index (χ0n) is 12.8. The molecule has 5 nitrogen and oxygen atoms in total. The quantitative estimate of drug-likeness (QED) is 0.735. The van der Waals surface area contributed by atoms with Crippen molar-refractivity contribution in [3.8, 4) is 0 Å². The van der Waals surface area contributed by atoms with Gasteiger partial charge in [0.15, 0.2) is 0 Å². The number of hydrogen-bond acceptors (Lipinski definition) is 4. The fraction of sp³-hybridized carbons (Fsp3) is 0.235. The zero-order chi connectivity index (χ0) is 15.9. The number of nitrogens with one attached hydrogen (secondary N) is 2. The molecule has 5 heteroatoms. The predicted octanol–water partition coefficient (Wildman–Crippen LogP) is 3.76. The molecule has 1 amide bonds. The van der Waals surface area contributed by atoms with E-state index in [1.54, 1.807) is 13.0 Å². The molecule has 0 heterocycles. The molecule has 2 aromatic carbocycles. The minimum atomic E-state index is -0.500. The summed E-state index contributed by atoms with van der Waals surface area (Å²) in [6, 6.07) is 13.7. The van der Waals surface area contributed by atoms with Crippen molar-refractivity contribution in [1.82, 2.24) is 0 Å². The summed E-state index contributed by atoms with van der Waals surface area (Å²) in [7, 11) is 0. The maximum absolute atomic E-state index is 11.4. The number of carbonyl (C=O) groups excluding carboxylic acids is 1. The van der Waals surface area contributed by atoms with E-state index in [-0.39, 0.29) is 0 Å². The van der Waals surface area contributed by atoms with Crippen LogP contribution in [0.2, 0.25) is 0 Å². The Labute approximate surface area is 130 Å². The summed E-state index contributed by atoms with van der Waals surface area (Å²) in [5.41, 5.74) is 10.3. The molecule has 0 aliphatic carbocycles. The average Bonchev–Trinajstić information content (AvgIpc) is 2.48. The van der Waals surface area contributed by atoms with Crippen LogP contribution in [0.4, 0.5) is 21.9 Å². The van der Waals surface area contributed by atoms with E-state index >= 15 is 0 Å². The number of hydrogen-bond donors (Lipinski definition) is 3. The van der Waals surface area contributed by atoms with E-state index in [0.717, 1.165) is 11.3 Å². The SMILES string of the molecule is CCOC(=O)Nc1ccc(CNc2cccc(C)c2)cc1N. The van der Waals surface area contributed by atoms with Gasteiger partial charge in [0.05, 0.1) is 18.0 Å². The van der Waals surface area contributed by atoms with Gasteiger partial charge in [-0.3, -0.25) is 5.32 Å². The summed E-state index contributed by atoms with van der Waals surface area (Å²) in [6.07, 6.45) is -0.500. The molecule has 0 fully saturated rings. The Morgan fingerprint density at radius 1 is 1.23 bits per heavy atom. The maximum atomic E-state index is 11.4. The molecule has 0 bridgehead atoms. The first-order valence-corrected chi connectivity index (χ1v) is 7.21. The third kappa shape index (κ3) is 4.41. The molecule has 0 radical (unpaired) electrons. The molecule has 2 rings (SSSR count). The zero-order valence-corrected chi connectivity index (χ0v) is 12.8. The highest BCUT2D eigenvalue weighted by molar-refractivity contribution is 5.89. The van der Waals surface area contributed by atoms with Gasteiger partial charge < -0.3 is 15.8 Å². The van der Waals surface area contributed by atoms with Crippen LogP contribution in [0.3, 0.4) is 0 Å². The van der Waals surface area contributed by atoms with Crippen LogP contribution in [0, 0.1) is 6.92 Å². The highest BCUT2D eigenvalue weighted by Crippen LogP contribution is 2.21. The number of aryl methyl sites for hydroxylation is 1. The van der Waals surface area contributed by atoms with Crippen LogP contribution < -0.4 is 16.4 Å². The van der Waals surface area contributed by atoms with Gasteiger partial charge in [-0.05, 0) is 49.2 Å². The number of anilines is 3. The fourth-order valence-electron chi connectivity index (χ4n) is 2.07. The van der Waals surface area contributed by atoms with Crippen molar-refractivity contribution < 1.29 is 9.53 Å². The van der Waals surface area contributed by atoms with Crippen LogP contribution in [-0.2, 0) is 11.3 Å². The molecular weight excluding hydrogens is 278 g/mol. The number of carbonyl (C=O) groups is 1. The maximum Gasteiger partial charge on any atom is 0.411 e. The topological polar surface area (TPSA) is 76.4 Å². The Morgan fingerprint density at radius 2 is 2.05 bits per heavy atom. The molecule has 0 aliphatic heterocycles. The Morgan fingerprint density at radius 3 is 2.73 bits per heavy atom. The Bertz CT molecular complexity index is 656. The number of nitrogen functional groups attached to an aromatic ring is 1. The highest BCUT2D eigenvalue weighted by Gasteiger charge is 2.06. The van der Waals surface area contributed by atoms with Gasteiger partial charge in [0.25, 0.3) is 0 Å². The first kappa shape index (κ1) is 15.7. The Kier molecular flexibility index (Phi) is 5.25. The van der Waals surface area contributed by atoms with Gasteiger partial charge >= 0.3 is 6.09 Å². The van der Waals surface area contributed by atoms with Gasteiger partial charge in [-0.2, -0.15) is 0 Å². The molecule has 0 atom stereocenters. The third-order valence-corrected chi connectivity index (χ3v) is 3.14. The number of benzene rings is 2. The van der Waals surface area contributed by atoms with Crippen molar-refractivity contribution in [2.45, 2.75) is 20.4 Å². The molecule has 0 unspecified atom stereocenters. The molecule has 2 aromatic rings. The van der Waals surface area contributed by atoms with Gasteiger partial charge in [-0.15, -0.1) is 0 Å². The highest BCUT2D eigenvalue weighted by atomic mass is 16.5. The number of ether oxygens (including phenoxy) is 1. The van der Waals surface area contributed by atoms with E-state index in [2.05, 4.69) is 29.7 Å². The van der Waals surface area contributed by atoms with Crippen LogP contribution in [0.25, 0.3) is 0 Å². The van der Waals surface area contributed by atoms with E-state index in [4.69, 9.17) is 10.5 Å². The van der Waals surface area contributed by atoms with Crippen LogP contribution >= 0.6 is 0 Å². The second-order valence-electron chi connectivity index (χ2n) is 4.99. The second kappa shape index (κ2) is 7.36. The van der Waals surface area contributed by atoms with E-state index < -0.39 is 6.09 Å². The van der Waals surface area contributed by atoms with Crippen LogP contribution in [0.15, 0.2) is 42.5 Å². The van der Waals surface area contributed by atoms with Crippen molar-refractivity contribution in [1.29, 1.82) is 0 Å². The summed E-state index contributed by atoms with van der Waals surface area (Å²) in [6.45, 7) is 4.79. The lowest BCUT2D eigenvalue weighted by molar-refractivity contribution is 0.168. The van der Waals surface area contributed by atoms with Gasteiger partial charge in [0, 0.05) is 12.2 Å². The minimum absolute atomic E-state index is 0.324. The molecule has 0 spiro atoms. The number of rotatable bonds is 5. The molecule has 116 valence electrons. The minimum Gasteiger partial charge on any atom is -0.450 e. The summed E-state index contributed by atoms with van der Waals surface area (Å²) in [4.78, 5) is 11.4. The fourth-order valence-corrected chi connectivity index (χ4v) is 2.07. The van der Waals surface area contributed by atoms with Gasteiger partial charge in [0.1, 0.15) is 0 Å².